The molecule has 6 heteroatoms. The fourth-order valence-corrected chi connectivity index (χ4v) is 2.48. The van der Waals surface area contributed by atoms with E-state index >= 15 is 0 Å². The molecular formula is C13H20N4O2. The van der Waals surface area contributed by atoms with Crippen molar-refractivity contribution in [2.45, 2.75) is 31.7 Å². The number of hydrazine groups is 1. The van der Waals surface area contributed by atoms with Gasteiger partial charge in [0.2, 0.25) is 0 Å². The molecule has 2 heterocycles. The first-order chi connectivity index (χ1) is 9.26. The van der Waals surface area contributed by atoms with Crippen molar-refractivity contribution in [1.29, 1.82) is 0 Å². The maximum atomic E-state index is 12.4. The second kappa shape index (κ2) is 6.49. The summed E-state index contributed by atoms with van der Waals surface area (Å²) in [6.07, 6.45) is 5.16. The maximum Gasteiger partial charge on any atom is 0.272 e. The molecule has 1 aliphatic heterocycles. The molecule has 0 aromatic carbocycles. The van der Waals surface area contributed by atoms with Crippen molar-refractivity contribution in [1.82, 2.24) is 9.88 Å². The van der Waals surface area contributed by atoms with Crippen molar-refractivity contribution >= 4 is 11.6 Å². The van der Waals surface area contributed by atoms with Gasteiger partial charge in [-0.25, -0.2) is 4.98 Å². The van der Waals surface area contributed by atoms with Gasteiger partial charge in [0, 0.05) is 19.2 Å². The van der Waals surface area contributed by atoms with Crippen LogP contribution < -0.4 is 11.3 Å². The fraction of sp³-hybridized carbons (Fsp3) is 0.538. The number of carbonyl (C=O) groups excluding carboxylic acids is 1. The highest BCUT2D eigenvalue weighted by molar-refractivity contribution is 5.92. The summed E-state index contributed by atoms with van der Waals surface area (Å²) in [6.45, 7) is 0.946. The second-order valence-corrected chi connectivity index (χ2v) is 4.74. The van der Waals surface area contributed by atoms with E-state index in [9.17, 15) is 4.79 Å². The highest BCUT2D eigenvalue weighted by Gasteiger charge is 2.29. The van der Waals surface area contributed by atoms with E-state index in [0.29, 0.717) is 11.4 Å². The number of nitrogen functional groups attached to an aromatic ring is 1. The van der Waals surface area contributed by atoms with Crippen molar-refractivity contribution in [2.75, 3.05) is 18.6 Å². The maximum absolute atomic E-state index is 12.4. The van der Waals surface area contributed by atoms with Gasteiger partial charge in [-0.1, -0.05) is 0 Å². The van der Waals surface area contributed by atoms with Gasteiger partial charge < -0.3 is 15.4 Å². The van der Waals surface area contributed by atoms with Gasteiger partial charge in [0.1, 0.15) is 5.69 Å². The molecule has 104 valence electrons. The summed E-state index contributed by atoms with van der Waals surface area (Å²) < 4.78 is 0. The molecule has 1 amide bonds. The van der Waals surface area contributed by atoms with Gasteiger partial charge >= 0.3 is 0 Å². The number of aliphatic hydroxyl groups excluding tert-OH is 1. The van der Waals surface area contributed by atoms with E-state index in [2.05, 4.69) is 10.4 Å². The Hall–Kier alpha value is -1.66. The van der Waals surface area contributed by atoms with E-state index in [4.69, 9.17) is 10.9 Å². The molecule has 1 fully saturated rings. The van der Waals surface area contributed by atoms with Gasteiger partial charge in [-0.3, -0.25) is 10.6 Å². The molecule has 0 radical (unpaired) electrons. The third-order valence-corrected chi connectivity index (χ3v) is 3.48. The minimum absolute atomic E-state index is 0.0380. The zero-order valence-electron chi connectivity index (χ0n) is 10.9. The monoisotopic (exact) mass is 264 g/mol. The normalized spacial score (nSPS) is 18.6. The van der Waals surface area contributed by atoms with Crippen LogP contribution in [0.25, 0.3) is 0 Å². The molecule has 0 aliphatic carbocycles. The Bertz CT molecular complexity index is 421. The smallest absolute Gasteiger partial charge is 0.272 e. The van der Waals surface area contributed by atoms with Crippen LogP contribution in [0.5, 0.6) is 0 Å². The first kappa shape index (κ1) is 13.8. The minimum Gasteiger partial charge on any atom is -0.396 e. The van der Waals surface area contributed by atoms with Gasteiger partial charge in [0.15, 0.2) is 0 Å². The molecule has 0 bridgehead atoms. The number of carbonyl (C=O) groups is 1. The van der Waals surface area contributed by atoms with Crippen LogP contribution in [0.15, 0.2) is 18.3 Å². The zero-order chi connectivity index (χ0) is 13.7. The highest BCUT2D eigenvalue weighted by atomic mass is 16.3. The number of nitrogens with two attached hydrogens (primary N) is 1. The summed E-state index contributed by atoms with van der Waals surface area (Å²) in [4.78, 5) is 18.4. The van der Waals surface area contributed by atoms with E-state index in [-0.39, 0.29) is 18.6 Å². The summed E-state index contributed by atoms with van der Waals surface area (Å²) in [5, 5.41) is 8.89. The molecule has 1 atom stereocenters. The summed E-state index contributed by atoms with van der Waals surface area (Å²) in [6, 6.07) is 3.64. The number of amides is 1. The lowest BCUT2D eigenvalue weighted by Crippen LogP contribution is -2.36. The van der Waals surface area contributed by atoms with Gasteiger partial charge in [0.25, 0.3) is 5.91 Å². The van der Waals surface area contributed by atoms with Crippen LogP contribution in [0.3, 0.4) is 0 Å². The van der Waals surface area contributed by atoms with Crippen molar-refractivity contribution in [2.24, 2.45) is 5.84 Å². The molecule has 1 aliphatic rings. The van der Waals surface area contributed by atoms with E-state index in [1.54, 1.807) is 18.3 Å². The van der Waals surface area contributed by atoms with Gasteiger partial charge in [-0.05, 0) is 37.8 Å². The number of rotatable bonds is 5. The Morgan fingerprint density at radius 2 is 2.42 bits per heavy atom. The number of nitrogens with zero attached hydrogens (tertiary/aromatic N) is 2. The predicted molar refractivity (Wildman–Crippen MR) is 72.4 cm³/mol. The van der Waals surface area contributed by atoms with Gasteiger partial charge in [0.05, 0.1) is 11.9 Å². The average molecular weight is 264 g/mol. The standard InChI is InChI=1S/C13H20N4O2/c14-16-10-5-6-12(15-9-10)13(19)17-7-1-3-11(17)4-2-8-18/h5-6,9,11,16,18H,1-4,7-8,14H2. The van der Waals surface area contributed by atoms with Crippen LogP contribution in [0.2, 0.25) is 0 Å². The Kier molecular flexibility index (Phi) is 4.70. The Morgan fingerprint density at radius 3 is 3.05 bits per heavy atom. The van der Waals surface area contributed by atoms with E-state index in [0.717, 1.165) is 32.2 Å². The molecule has 19 heavy (non-hydrogen) atoms. The van der Waals surface area contributed by atoms with Crippen LogP contribution in [0, 0.1) is 0 Å². The summed E-state index contributed by atoms with van der Waals surface area (Å²) >= 11 is 0. The number of anilines is 1. The van der Waals surface area contributed by atoms with E-state index in [1.165, 1.54) is 0 Å². The molecular weight excluding hydrogens is 244 g/mol. The average Bonchev–Trinajstić information content (AvgIpc) is 2.92. The van der Waals surface area contributed by atoms with Gasteiger partial charge in [-0.2, -0.15) is 0 Å². The number of aliphatic hydroxyl groups is 1. The van der Waals surface area contributed by atoms with Crippen LogP contribution in [-0.2, 0) is 0 Å². The van der Waals surface area contributed by atoms with E-state index in [1.807, 2.05) is 4.90 Å². The lowest BCUT2D eigenvalue weighted by Gasteiger charge is -2.24. The molecule has 0 saturated carbocycles. The van der Waals surface area contributed by atoms with Gasteiger partial charge in [-0.15, -0.1) is 0 Å². The molecule has 6 nitrogen and oxygen atoms in total. The van der Waals surface area contributed by atoms with Crippen molar-refractivity contribution in [3.63, 3.8) is 0 Å². The third kappa shape index (κ3) is 3.21. The number of hydrogen-bond donors (Lipinski definition) is 3. The lowest BCUT2D eigenvalue weighted by molar-refractivity contribution is 0.0718. The molecule has 0 spiro atoms. The molecule has 1 unspecified atom stereocenters. The summed E-state index contributed by atoms with van der Waals surface area (Å²) in [7, 11) is 0. The first-order valence-corrected chi connectivity index (χ1v) is 6.60. The van der Waals surface area contributed by atoms with E-state index < -0.39 is 0 Å². The summed E-state index contributed by atoms with van der Waals surface area (Å²) in [5.74, 6) is 5.23. The summed E-state index contributed by atoms with van der Waals surface area (Å²) in [5.41, 5.74) is 3.60. The number of hydrogen-bond acceptors (Lipinski definition) is 5. The Labute approximate surface area is 112 Å². The van der Waals surface area contributed by atoms with Crippen LogP contribution in [0.4, 0.5) is 5.69 Å². The number of pyridine rings is 1. The third-order valence-electron chi connectivity index (χ3n) is 3.48. The quantitative estimate of drug-likeness (QED) is 0.539. The van der Waals surface area contributed by atoms with Crippen LogP contribution in [0.1, 0.15) is 36.2 Å². The van der Waals surface area contributed by atoms with Crippen molar-refractivity contribution in [3.05, 3.63) is 24.0 Å². The number of nitrogens with one attached hydrogen (secondary N) is 1. The molecule has 1 saturated heterocycles. The topological polar surface area (TPSA) is 91.5 Å². The molecule has 2 rings (SSSR count). The lowest BCUT2D eigenvalue weighted by atomic mass is 10.1. The number of aromatic nitrogens is 1. The second-order valence-electron chi connectivity index (χ2n) is 4.74. The highest BCUT2D eigenvalue weighted by Crippen LogP contribution is 2.23. The zero-order valence-corrected chi connectivity index (χ0v) is 10.9. The molecule has 1 aromatic heterocycles. The van der Waals surface area contributed by atoms with Crippen molar-refractivity contribution < 1.29 is 9.90 Å². The van der Waals surface area contributed by atoms with Crippen LogP contribution in [-0.4, -0.2) is 40.1 Å². The fourth-order valence-electron chi connectivity index (χ4n) is 2.48. The number of likely N-dealkylation sites (tertiary alicyclic amines) is 1. The minimum atomic E-state index is -0.0380. The van der Waals surface area contributed by atoms with Crippen molar-refractivity contribution in [3.8, 4) is 0 Å². The van der Waals surface area contributed by atoms with Crippen LogP contribution >= 0.6 is 0 Å². The largest absolute Gasteiger partial charge is 0.396 e. The molecule has 1 aromatic rings. The predicted octanol–water partition coefficient (Wildman–Crippen LogP) is 0.744. The Balaban J connectivity index is 2.04. The Morgan fingerprint density at radius 1 is 1.58 bits per heavy atom. The molecule has 4 N–H and O–H groups in total. The SMILES string of the molecule is NNc1ccc(C(=O)N2CCCC2CCCO)nc1. The first-order valence-electron chi connectivity index (χ1n) is 6.60.